The maximum Gasteiger partial charge on any atom is 0.167 e. The Kier molecular flexibility index (Phi) is 4.56. The molecule has 0 atom stereocenters. The third kappa shape index (κ3) is 3.27. The summed E-state index contributed by atoms with van der Waals surface area (Å²) in [6, 6.07) is 14.2. The van der Waals surface area contributed by atoms with Crippen LogP contribution in [0.3, 0.4) is 0 Å². The van der Waals surface area contributed by atoms with Crippen LogP contribution in [-0.2, 0) is 6.54 Å². The van der Waals surface area contributed by atoms with Crippen LogP contribution >= 0.6 is 0 Å². The van der Waals surface area contributed by atoms with E-state index in [-0.39, 0.29) is 5.75 Å². The van der Waals surface area contributed by atoms with Crippen LogP contribution in [0.5, 0.6) is 5.75 Å². The SMILES string of the molecule is CCOc1ccc(NCc2ccccc2C#N)cc1F. The number of anilines is 1. The standard InChI is InChI=1S/C16H15FN2O/c1-2-20-16-8-7-14(9-15(16)17)19-11-13-6-4-3-5-12(13)10-18/h3-9,19H,2,11H2,1H3. The summed E-state index contributed by atoms with van der Waals surface area (Å²) in [5, 5.41) is 12.1. The van der Waals surface area contributed by atoms with Crippen LogP contribution in [0.15, 0.2) is 42.5 Å². The molecule has 2 rings (SSSR count). The average molecular weight is 270 g/mol. The second-order valence-electron chi connectivity index (χ2n) is 4.20. The highest BCUT2D eigenvalue weighted by atomic mass is 19.1. The van der Waals surface area contributed by atoms with Crippen molar-refractivity contribution < 1.29 is 9.13 Å². The maximum absolute atomic E-state index is 13.7. The van der Waals surface area contributed by atoms with E-state index >= 15 is 0 Å². The normalized spacial score (nSPS) is 9.85. The molecule has 20 heavy (non-hydrogen) atoms. The summed E-state index contributed by atoms with van der Waals surface area (Å²) < 4.78 is 18.8. The Balaban J connectivity index is 2.08. The Morgan fingerprint density at radius 3 is 2.75 bits per heavy atom. The van der Waals surface area contributed by atoms with Gasteiger partial charge in [0, 0.05) is 18.3 Å². The quantitative estimate of drug-likeness (QED) is 0.900. The highest BCUT2D eigenvalue weighted by molar-refractivity contribution is 5.49. The fourth-order valence-corrected chi connectivity index (χ4v) is 1.86. The molecule has 0 aromatic heterocycles. The van der Waals surface area contributed by atoms with E-state index in [1.54, 1.807) is 18.2 Å². The van der Waals surface area contributed by atoms with Crippen molar-refractivity contribution in [2.24, 2.45) is 0 Å². The number of benzene rings is 2. The molecular formula is C16H15FN2O. The Labute approximate surface area is 117 Å². The van der Waals surface area contributed by atoms with Crippen LogP contribution in [0.2, 0.25) is 0 Å². The summed E-state index contributed by atoms with van der Waals surface area (Å²) in [7, 11) is 0. The van der Waals surface area contributed by atoms with Crippen molar-refractivity contribution in [3.05, 3.63) is 59.4 Å². The van der Waals surface area contributed by atoms with E-state index in [1.807, 2.05) is 25.1 Å². The number of ether oxygens (including phenoxy) is 1. The molecular weight excluding hydrogens is 255 g/mol. The van der Waals surface area contributed by atoms with Gasteiger partial charge in [0.05, 0.1) is 18.2 Å². The molecule has 0 aliphatic heterocycles. The van der Waals surface area contributed by atoms with Gasteiger partial charge in [-0.15, -0.1) is 0 Å². The van der Waals surface area contributed by atoms with Crippen LogP contribution < -0.4 is 10.1 Å². The van der Waals surface area contributed by atoms with E-state index in [9.17, 15) is 4.39 Å². The summed E-state index contributed by atoms with van der Waals surface area (Å²) in [6.07, 6.45) is 0. The van der Waals surface area contributed by atoms with Crippen molar-refractivity contribution in [3.63, 3.8) is 0 Å². The fraction of sp³-hybridized carbons (Fsp3) is 0.188. The molecule has 3 nitrogen and oxygen atoms in total. The highest BCUT2D eigenvalue weighted by Gasteiger charge is 2.05. The van der Waals surface area contributed by atoms with Gasteiger partial charge in [0.2, 0.25) is 0 Å². The van der Waals surface area contributed by atoms with Crippen molar-refractivity contribution in [1.29, 1.82) is 5.26 Å². The number of hydrogen-bond donors (Lipinski definition) is 1. The lowest BCUT2D eigenvalue weighted by Gasteiger charge is -2.10. The molecule has 0 aliphatic carbocycles. The van der Waals surface area contributed by atoms with Crippen LogP contribution in [0.4, 0.5) is 10.1 Å². The van der Waals surface area contributed by atoms with E-state index in [0.717, 1.165) is 5.56 Å². The summed E-state index contributed by atoms with van der Waals surface area (Å²) in [5.74, 6) is -0.152. The third-order valence-electron chi connectivity index (χ3n) is 2.85. The van der Waals surface area contributed by atoms with Gasteiger partial charge < -0.3 is 10.1 Å². The predicted octanol–water partition coefficient (Wildman–Crippen LogP) is 3.71. The van der Waals surface area contributed by atoms with Crippen LogP contribution in [0, 0.1) is 17.1 Å². The van der Waals surface area contributed by atoms with Gasteiger partial charge >= 0.3 is 0 Å². The first kappa shape index (κ1) is 13.9. The fourth-order valence-electron chi connectivity index (χ4n) is 1.86. The molecule has 0 amide bonds. The molecule has 0 saturated heterocycles. The molecule has 0 radical (unpaired) electrons. The molecule has 4 heteroatoms. The summed E-state index contributed by atoms with van der Waals surface area (Å²) in [6.45, 7) is 2.71. The van der Waals surface area contributed by atoms with E-state index < -0.39 is 5.82 Å². The molecule has 0 saturated carbocycles. The zero-order valence-corrected chi connectivity index (χ0v) is 11.2. The first-order valence-corrected chi connectivity index (χ1v) is 6.38. The highest BCUT2D eigenvalue weighted by Crippen LogP contribution is 2.21. The third-order valence-corrected chi connectivity index (χ3v) is 2.85. The van der Waals surface area contributed by atoms with E-state index in [1.165, 1.54) is 6.07 Å². The smallest absolute Gasteiger partial charge is 0.167 e. The van der Waals surface area contributed by atoms with Crippen molar-refractivity contribution in [2.75, 3.05) is 11.9 Å². The second-order valence-corrected chi connectivity index (χ2v) is 4.20. The number of nitriles is 1. The van der Waals surface area contributed by atoms with Crippen LogP contribution in [0.1, 0.15) is 18.1 Å². The lowest BCUT2D eigenvalue weighted by Crippen LogP contribution is -2.02. The molecule has 2 aromatic carbocycles. The molecule has 0 heterocycles. The predicted molar refractivity (Wildman–Crippen MR) is 76.1 cm³/mol. The zero-order valence-electron chi connectivity index (χ0n) is 11.2. The Hall–Kier alpha value is -2.54. The largest absolute Gasteiger partial charge is 0.491 e. The van der Waals surface area contributed by atoms with Gasteiger partial charge in [-0.05, 0) is 30.7 Å². The first-order valence-electron chi connectivity index (χ1n) is 6.38. The minimum atomic E-state index is -0.398. The number of halogens is 1. The summed E-state index contributed by atoms with van der Waals surface area (Å²) in [4.78, 5) is 0. The molecule has 0 fully saturated rings. The second kappa shape index (κ2) is 6.58. The minimum Gasteiger partial charge on any atom is -0.491 e. The van der Waals surface area contributed by atoms with E-state index in [2.05, 4.69) is 11.4 Å². The van der Waals surface area contributed by atoms with Gasteiger partial charge in [-0.2, -0.15) is 5.26 Å². The van der Waals surface area contributed by atoms with Crippen molar-refractivity contribution in [2.45, 2.75) is 13.5 Å². The number of nitrogens with zero attached hydrogens (tertiary/aromatic N) is 1. The van der Waals surface area contributed by atoms with Gasteiger partial charge in [-0.3, -0.25) is 0 Å². The van der Waals surface area contributed by atoms with Crippen LogP contribution in [0.25, 0.3) is 0 Å². The summed E-state index contributed by atoms with van der Waals surface area (Å²) >= 11 is 0. The van der Waals surface area contributed by atoms with Crippen molar-refractivity contribution in [3.8, 4) is 11.8 Å². The van der Waals surface area contributed by atoms with Crippen LogP contribution in [-0.4, -0.2) is 6.61 Å². The van der Waals surface area contributed by atoms with Gasteiger partial charge in [-0.25, -0.2) is 4.39 Å². The van der Waals surface area contributed by atoms with Crippen molar-refractivity contribution in [1.82, 2.24) is 0 Å². The monoisotopic (exact) mass is 270 g/mol. The molecule has 102 valence electrons. The van der Waals surface area contributed by atoms with Gasteiger partial charge in [0.25, 0.3) is 0 Å². The molecule has 0 aliphatic rings. The number of hydrogen-bond acceptors (Lipinski definition) is 3. The summed E-state index contributed by atoms with van der Waals surface area (Å²) in [5.41, 5.74) is 2.15. The topological polar surface area (TPSA) is 45.0 Å². The first-order chi connectivity index (χ1) is 9.74. The number of rotatable bonds is 5. The van der Waals surface area contributed by atoms with E-state index in [0.29, 0.717) is 24.4 Å². The van der Waals surface area contributed by atoms with Gasteiger partial charge in [0.15, 0.2) is 11.6 Å². The number of nitrogens with one attached hydrogen (secondary N) is 1. The average Bonchev–Trinajstić information content (AvgIpc) is 2.48. The molecule has 1 N–H and O–H groups in total. The molecule has 0 unspecified atom stereocenters. The molecule has 0 bridgehead atoms. The molecule has 0 spiro atoms. The van der Waals surface area contributed by atoms with E-state index in [4.69, 9.17) is 10.00 Å². The molecule has 2 aromatic rings. The maximum atomic E-state index is 13.7. The zero-order chi connectivity index (χ0) is 14.4. The van der Waals surface area contributed by atoms with Gasteiger partial charge in [0.1, 0.15) is 0 Å². The minimum absolute atomic E-state index is 0.246. The Morgan fingerprint density at radius 2 is 2.05 bits per heavy atom. The lowest BCUT2D eigenvalue weighted by molar-refractivity contribution is 0.321. The Morgan fingerprint density at radius 1 is 1.25 bits per heavy atom. The van der Waals surface area contributed by atoms with Crippen molar-refractivity contribution >= 4 is 5.69 Å². The lowest BCUT2D eigenvalue weighted by atomic mass is 10.1. The Bertz CT molecular complexity index is 635. The van der Waals surface area contributed by atoms with Gasteiger partial charge in [-0.1, -0.05) is 18.2 Å².